The molecule has 1 aliphatic heterocycles. The van der Waals surface area contributed by atoms with Gasteiger partial charge in [-0.2, -0.15) is 0 Å². The highest BCUT2D eigenvalue weighted by Gasteiger charge is 2.25. The lowest BCUT2D eigenvalue weighted by molar-refractivity contribution is 0.0713. The molecule has 2 heterocycles. The Balaban J connectivity index is 1.71. The summed E-state index contributed by atoms with van der Waals surface area (Å²) in [5, 5.41) is 3.98. The second-order valence-corrected chi connectivity index (χ2v) is 6.75. The van der Waals surface area contributed by atoms with E-state index in [-0.39, 0.29) is 18.1 Å². The molecule has 0 radical (unpaired) electrons. The van der Waals surface area contributed by atoms with E-state index in [0.717, 1.165) is 41.6 Å². The van der Waals surface area contributed by atoms with Gasteiger partial charge in [-0.25, -0.2) is 4.98 Å². The molecule has 4 rings (SSSR count). The number of nitrogens with one attached hydrogen (secondary N) is 1. The number of aromatic nitrogens is 1. The summed E-state index contributed by atoms with van der Waals surface area (Å²) in [6.07, 6.45) is 2.15. The van der Waals surface area contributed by atoms with E-state index >= 15 is 0 Å². The summed E-state index contributed by atoms with van der Waals surface area (Å²) in [7, 11) is 0. The fourth-order valence-electron chi connectivity index (χ4n) is 3.49. The Morgan fingerprint density at radius 1 is 1.15 bits per heavy atom. The van der Waals surface area contributed by atoms with Crippen molar-refractivity contribution >= 4 is 16.8 Å². The number of fused-ring (bicyclic) bond motifs is 1. The molecule has 0 saturated carbocycles. The SMILES string of the molecule is C[C@@H](NC(=O)c1cc(-c2ccccc2)nc2ccccc12)[C@H]1CCCO1. The van der Waals surface area contributed by atoms with Crippen molar-refractivity contribution in [2.75, 3.05) is 6.61 Å². The van der Waals surface area contributed by atoms with E-state index in [1.807, 2.05) is 67.6 Å². The van der Waals surface area contributed by atoms with Crippen molar-refractivity contribution in [1.29, 1.82) is 0 Å². The molecule has 0 bridgehead atoms. The van der Waals surface area contributed by atoms with E-state index in [0.29, 0.717) is 5.56 Å². The number of hydrogen-bond acceptors (Lipinski definition) is 3. The molecular weight excluding hydrogens is 324 g/mol. The molecule has 2 aromatic carbocycles. The summed E-state index contributed by atoms with van der Waals surface area (Å²) >= 11 is 0. The molecule has 1 aromatic heterocycles. The van der Waals surface area contributed by atoms with Crippen molar-refractivity contribution in [3.63, 3.8) is 0 Å². The standard InChI is InChI=1S/C22H22N2O2/c1-15(21-12-7-13-26-21)23-22(25)18-14-20(16-8-3-2-4-9-16)24-19-11-6-5-10-17(18)19/h2-6,8-11,14-15,21H,7,12-13H2,1H3,(H,23,25)/t15-,21-/m1/s1. The van der Waals surface area contributed by atoms with Crippen LogP contribution in [-0.4, -0.2) is 29.6 Å². The number of pyridine rings is 1. The summed E-state index contributed by atoms with van der Waals surface area (Å²) in [5.41, 5.74) is 3.28. The third-order valence-corrected chi connectivity index (χ3v) is 4.91. The molecule has 132 valence electrons. The van der Waals surface area contributed by atoms with Gasteiger partial charge in [0, 0.05) is 17.6 Å². The summed E-state index contributed by atoms with van der Waals surface area (Å²) in [4.78, 5) is 17.8. The van der Waals surface area contributed by atoms with E-state index in [2.05, 4.69) is 5.32 Å². The molecule has 2 atom stereocenters. The Kier molecular flexibility index (Phi) is 4.67. The maximum Gasteiger partial charge on any atom is 0.252 e. The summed E-state index contributed by atoms with van der Waals surface area (Å²) in [6, 6.07) is 19.6. The Morgan fingerprint density at radius 2 is 1.92 bits per heavy atom. The first-order valence-electron chi connectivity index (χ1n) is 9.10. The molecule has 3 aromatic rings. The van der Waals surface area contributed by atoms with Crippen LogP contribution in [0.3, 0.4) is 0 Å². The third-order valence-electron chi connectivity index (χ3n) is 4.91. The zero-order valence-corrected chi connectivity index (χ0v) is 14.8. The van der Waals surface area contributed by atoms with Crippen molar-refractivity contribution in [1.82, 2.24) is 10.3 Å². The van der Waals surface area contributed by atoms with Crippen LogP contribution in [-0.2, 0) is 4.74 Å². The minimum absolute atomic E-state index is 0.0166. The second kappa shape index (κ2) is 7.26. The predicted molar refractivity (Wildman–Crippen MR) is 103 cm³/mol. The normalized spacial score (nSPS) is 18.0. The average molecular weight is 346 g/mol. The molecule has 4 heteroatoms. The van der Waals surface area contributed by atoms with Crippen LogP contribution in [0.2, 0.25) is 0 Å². The van der Waals surface area contributed by atoms with Crippen LogP contribution in [0.15, 0.2) is 60.7 Å². The van der Waals surface area contributed by atoms with Gasteiger partial charge < -0.3 is 10.1 Å². The first-order chi connectivity index (χ1) is 12.7. The van der Waals surface area contributed by atoms with Gasteiger partial charge >= 0.3 is 0 Å². The lowest BCUT2D eigenvalue weighted by Crippen LogP contribution is -2.40. The summed E-state index contributed by atoms with van der Waals surface area (Å²) < 4.78 is 5.70. The Hall–Kier alpha value is -2.72. The molecule has 1 N–H and O–H groups in total. The van der Waals surface area contributed by atoms with Gasteiger partial charge in [0.2, 0.25) is 0 Å². The molecule has 1 aliphatic rings. The van der Waals surface area contributed by atoms with Gasteiger partial charge in [-0.1, -0.05) is 48.5 Å². The van der Waals surface area contributed by atoms with Crippen molar-refractivity contribution in [2.45, 2.75) is 31.9 Å². The number of carbonyl (C=O) groups is 1. The minimum Gasteiger partial charge on any atom is -0.376 e. The fraction of sp³-hybridized carbons (Fsp3) is 0.273. The van der Waals surface area contributed by atoms with Crippen molar-refractivity contribution in [3.05, 3.63) is 66.2 Å². The lowest BCUT2D eigenvalue weighted by atomic mass is 10.0. The van der Waals surface area contributed by atoms with Crippen LogP contribution >= 0.6 is 0 Å². The molecule has 1 saturated heterocycles. The van der Waals surface area contributed by atoms with E-state index in [1.54, 1.807) is 0 Å². The monoisotopic (exact) mass is 346 g/mol. The van der Waals surface area contributed by atoms with Crippen LogP contribution in [0.1, 0.15) is 30.1 Å². The summed E-state index contributed by atoms with van der Waals surface area (Å²) in [5.74, 6) is -0.0798. The van der Waals surface area contributed by atoms with Crippen LogP contribution in [0, 0.1) is 0 Å². The molecule has 0 unspecified atom stereocenters. The lowest BCUT2D eigenvalue weighted by Gasteiger charge is -2.20. The van der Waals surface area contributed by atoms with Gasteiger partial charge in [0.05, 0.1) is 28.9 Å². The maximum atomic E-state index is 13.0. The topological polar surface area (TPSA) is 51.2 Å². The van der Waals surface area contributed by atoms with Crippen LogP contribution in [0.5, 0.6) is 0 Å². The smallest absolute Gasteiger partial charge is 0.252 e. The van der Waals surface area contributed by atoms with E-state index in [4.69, 9.17) is 9.72 Å². The second-order valence-electron chi connectivity index (χ2n) is 6.75. The van der Waals surface area contributed by atoms with Crippen LogP contribution in [0.25, 0.3) is 22.2 Å². The first-order valence-corrected chi connectivity index (χ1v) is 9.10. The number of hydrogen-bond donors (Lipinski definition) is 1. The zero-order valence-electron chi connectivity index (χ0n) is 14.8. The minimum atomic E-state index is -0.0798. The highest BCUT2D eigenvalue weighted by Crippen LogP contribution is 2.25. The molecular formula is C22H22N2O2. The number of nitrogens with zero attached hydrogens (tertiary/aromatic N) is 1. The Labute approximate surface area is 153 Å². The molecule has 26 heavy (non-hydrogen) atoms. The highest BCUT2D eigenvalue weighted by atomic mass is 16.5. The number of para-hydroxylation sites is 1. The van der Waals surface area contributed by atoms with Crippen LogP contribution < -0.4 is 5.32 Å². The van der Waals surface area contributed by atoms with Gasteiger partial charge in [-0.3, -0.25) is 4.79 Å². The molecule has 4 nitrogen and oxygen atoms in total. The quantitative estimate of drug-likeness (QED) is 0.770. The maximum absolute atomic E-state index is 13.0. The van der Waals surface area contributed by atoms with Crippen molar-refractivity contribution in [2.24, 2.45) is 0 Å². The fourth-order valence-corrected chi connectivity index (χ4v) is 3.49. The van der Waals surface area contributed by atoms with Gasteiger partial charge in [-0.15, -0.1) is 0 Å². The van der Waals surface area contributed by atoms with Gasteiger partial charge in [0.25, 0.3) is 5.91 Å². The molecule has 1 amide bonds. The van der Waals surface area contributed by atoms with Crippen LogP contribution in [0.4, 0.5) is 0 Å². The molecule has 0 aliphatic carbocycles. The molecule has 0 spiro atoms. The number of carbonyl (C=O) groups excluding carboxylic acids is 1. The predicted octanol–water partition coefficient (Wildman–Crippen LogP) is 4.20. The number of ether oxygens (including phenoxy) is 1. The van der Waals surface area contributed by atoms with E-state index < -0.39 is 0 Å². The largest absolute Gasteiger partial charge is 0.376 e. The van der Waals surface area contributed by atoms with E-state index in [9.17, 15) is 4.79 Å². The summed E-state index contributed by atoms with van der Waals surface area (Å²) in [6.45, 7) is 2.79. The average Bonchev–Trinajstić information content (AvgIpc) is 3.23. The Morgan fingerprint density at radius 3 is 2.69 bits per heavy atom. The third kappa shape index (κ3) is 3.33. The van der Waals surface area contributed by atoms with Crippen molar-refractivity contribution in [3.8, 4) is 11.3 Å². The number of amides is 1. The number of rotatable bonds is 4. The van der Waals surface area contributed by atoms with E-state index in [1.165, 1.54) is 0 Å². The first kappa shape index (κ1) is 16.7. The van der Waals surface area contributed by atoms with Gasteiger partial charge in [0.15, 0.2) is 0 Å². The Bertz CT molecular complexity index is 918. The molecule has 1 fully saturated rings. The zero-order chi connectivity index (χ0) is 17.9. The highest BCUT2D eigenvalue weighted by molar-refractivity contribution is 6.07. The van der Waals surface area contributed by atoms with Crippen molar-refractivity contribution < 1.29 is 9.53 Å². The van der Waals surface area contributed by atoms with Gasteiger partial charge in [0.1, 0.15) is 0 Å². The number of benzene rings is 2. The van der Waals surface area contributed by atoms with Gasteiger partial charge in [-0.05, 0) is 31.9 Å².